The zero-order chi connectivity index (χ0) is 14.8. The molecule has 0 saturated carbocycles. The number of rotatable bonds is 3. The van der Waals surface area contributed by atoms with E-state index in [4.69, 9.17) is 4.74 Å². The number of carboxylic acid groups (broad SMARTS) is 1. The molecule has 1 saturated heterocycles. The Morgan fingerprint density at radius 1 is 1.32 bits per heavy atom. The largest absolute Gasteiger partial charge is 0.481 e. The Morgan fingerprint density at radius 3 is 2.37 bits per heavy atom. The quantitative estimate of drug-likeness (QED) is 0.812. The Morgan fingerprint density at radius 2 is 1.89 bits per heavy atom. The molecule has 1 aliphatic heterocycles. The topological polar surface area (TPSA) is 78.9 Å². The summed E-state index contributed by atoms with van der Waals surface area (Å²) in [5, 5.41) is 12.1. The van der Waals surface area contributed by atoms with Gasteiger partial charge in [0.05, 0.1) is 23.7 Å². The second-order valence-electron chi connectivity index (χ2n) is 6.11. The van der Waals surface area contributed by atoms with Crippen LogP contribution in [0.2, 0.25) is 0 Å². The van der Waals surface area contributed by atoms with Crippen molar-refractivity contribution in [3.8, 4) is 0 Å². The van der Waals surface area contributed by atoms with E-state index in [1.165, 1.54) is 0 Å². The van der Waals surface area contributed by atoms with E-state index in [0.29, 0.717) is 19.7 Å². The first kappa shape index (κ1) is 15.8. The molecule has 1 heterocycles. The molecule has 6 heteroatoms. The highest BCUT2D eigenvalue weighted by Crippen LogP contribution is 2.30. The molecular weight excluding hydrogens is 248 g/mol. The third kappa shape index (κ3) is 3.37. The number of hydrogen-bond acceptors (Lipinski definition) is 3. The smallest absolute Gasteiger partial charge is 0.318 e. The van der Waals surface area contributed by atoms with Crippen LogP contribution in [0.4, 0.5) is 4.79 Å². The van der Waals surface area contributed by atoms with Gasteiger partial charge in [0.2, 0.25) is 0 Å². The molecule has 0 radical (unpaired) electrons. The van der Waals surface area contributed by atoms with Crippen molar-refractivity contribution >= 4 is 12.0 Å². The van der Waals surface area contributed by atoms with E-state index in [2.05, 4.69) is 5.32 Å². The molecule has 1 aliphatic rings. The lowest BCUT2D eigenvalue weighted by atomic mass is 9.74. The Labute approximate surface area is 114 Å². The van der Waals surface area contributed by atoms with Crippen LogP contribution >= 0.6 is 0 Å². The van der Waals surface area contributed by atoms with Crippen LogP contribution in [0.1, 0.15) is 34.6 Å². The van der Waals surface area contributed by atoms with Gasteiger partial charge in [-0.05, 0) is 34.6 Å². The molecule has 0 aromatic heterocycles. The lowest BCUT2D eigenvalue weighted by molar-refractivity contribution is -0.150. The average molecular weight is 272 g/mol. The van der Waals surface area contributed by atoms with Crippen molar-refractivity contribution in [2.45, 2.75) is 46.3 Å². The number of nitrogens with one attached hydrogen (secondary N) is 1. The molecule has 2 N–H and O–H groups in total. The molecule has 1 rings (SSSR count). The maximum Gasteiger partial charge on any atom is 0.318 e. The summed E-state index contributed by atoms with van der Waals surface area (Å²) in [4.78, 5) is 25.1. The Kier molecular flexibility index (Phi) is 4.45. The van der Waals surface area contributed by atoms with E-state index in [1.807, 2.05) is 6.92 Å². The molecule has 0 aliphatic carbocycles. The molecule has 0 bridgehead atoms. The van der Waals surface area contributed by atoms with Gasteiger partial charge < -0.3 is 20.1 Å². The Hall–Kier alpha value is -1.30. The first-order valence-electron chi connectivity index (χ1n) is 6.50. The minimum absolute atomic E-state index is 0.00935. The van der Waals surface area contributed by atoms with E-state index in [-0.39, 0.29) is 12.1 Å². The number of urea groups is 1. The first-order valence-corrected chi connectivity index (χ1v) is 6.50. The van der Waals surface area contributed by atoms with Gasteiger partial charge in [0.25, 0.3) is 0 Å². The maximum atomic E-state index is 12.2. The summed E-state index contributed by atoms with van der Waals surface area (Å²) in [6.07, 6.45) is 0.00935. The number of carboxylic acids is 1. The van der Waals surface area contributed by atoms with Crippen LogP contribution in [0.5, 0.6) is 0 Å². The summed E-state index contributed by atoms with van der Waals surface area (Å²) >= 11 is 0. The van der Waals surface area contributed by atoms with Gasteiger partial charge in [-0.2, -0.15) is 0 Å². The molecule has 19 heavy (non-hydrogen) atoms. The van der Waals surface area contributed by atoms with Crippen molar-refractivity contribution in [2.75, 3.05) is 19.7 Å². The zero-order valence-electron chi connectivity index (χ0n) is 12.3. The number of aliphatic carboxylic acids is 1. The van der Waals surface area contributed by atoms with E-state index in [1.54, 1.807) is 32.6 Å². The van der Waals surface area contributed by atoms with Crippen LogP contribution in [-0.2, 0) is 9.53 Å². The van der Waals surface area contributed by atoms with Crippen molar-refractivity contribution in [1.29, 1.82) is 0 Å². The monoisotopic (exact) mass is 272 g/mol. The van der Waals surface area contributed by atoms with Crippen LogP contribution in [0.15, 0.2) is 0 Å². The van der Waals surface area contributed by atoms with E-state index in [9.17, 15) is 14.7 Å². The van der Waals surface area contributed by atoms with Gasteiger partial charge in [0.15, 0.2) is 0 Å². The zero-order valence-corrected chi connectivity index (χ0v) is 12.3. The molecule has 0 aromatic carbocycles. The van der Waals surface area contributed by atoms with Crippen LogP contribution in [-0.4, -0.2) is 53.3 Å². The Balaban J connectivity index is 2.72. The fraction of sp³-hybridized carbons (Fsp3) is 0.846. The first-order chi connectivity index (χ1) is 8.58. The highest BCUT2D eigenvalue weighted by molar-refractivity contribution is 5.79. The van der Waals surface area contributed by atoms with Crippen LogP contribution in [0, 0.1) is 5.41 Å². The summed E-state index contributed by atoms with van der Waals surface area (Å²) in [5.41, 5.74) is -1.90. The maximum absolute atomic E-state index is 12.2. The van der Waals surface area contributed by atoms with Gasteiger partial charge in [-0.3, -0.25) is 4.79 Å². The lowest BCUT2D eigenvalue weighted by Gasteiger charge is -2.41. The predicted octanol–water partition coefficient (Wildman–Crippen LogP) is 1.31. The van der Waals surface area contributed by atoms with Crippen molar-refractivity contribution < 1.29 is 19.4 Å². The lowest BCUT2D eigenvalue weighted by Crippen LogP contribution is -2.61. The molecule has 2 amide bonds. The predicted molar refractivity (Wildman–Crippen MR) is 71.0 cm³/mol. The highest BCUT2D eigenvalue weighted by Gasteiger charge is 2.45. The molecule has 110 valence electrons. The van der Waals surface area contributed by atoms with Crippen LogP contribution in [0.3, 0.4) is 0 Å². The highest BCUT2D eigenvalue weighted by atomic mass is 16.5. The number of ether oxygens (including phenoxy) is 1. The normalized spacial score (nSPS) is 21.1. The van der Waals surface area contributed by atoms with Gasteiger partial charge in [0, 0.05) is 13.1 Å². The fourth-order valence-electron chi connectivity index (χ4n) is 1.77. The standard InChI is InChI=1S/C13H24N2O4/c1-9-8-15(6-7-19-9)11(18)14-13(4,5)12(2,3)10(16)17/h9H,6-8H2,1-5H3,(H,14,18)(H,16,17). The van der Waals surface area contributed by atoms with Gasteiger partial charge in [-0.1, -0.05) is 0 Å². The fourth-order valence-corrected chi connectivity index (χ4v) is 1.77. The number of hydrogen-bond donors (Lipinski definition) is 2. The minimum atomic E-state index is -1.05. The van der Waals surface area contributed by atoms with E-state index in [0.717, 1.165) is 0 Å². The van der Waals surface area contributed by atoms with Crippen molar-refractivity contribution in [3.63, 3.8) is 0 Å². The van der Waals surface area contributed by atoms with E-state index < -0.39 is 16.9 Å². The molecule has 0 spiro atoms. The molecule has 1 unspecified atom stereocenters. The number of carbonyl (C=O) groups excluding carboxylic acids is 1. The molecular formula is C13H24N2O4. The van der Waals surface area contributed by atoms with Crippen molar-refractivity contribution in [1.82, 2.24) is 10.2 Å². The number of morpholine rings is 1. The van der Waals surface area contributed by atoms with Crippen molar-refractivity contribution in [2.24, 2.45) is 5.41 Å². The second kappa shape index (κ2) is 5.36. The van der Waals surface area contributed by atoms with Crippen LogP contribution in [0.25, 0.3) is 0 Å². The second-order valence-corrected chi connectivity index (χ2v) is 6.11. The SMILES string of the molecule is CC1CN(C(=O)NC(C)(C)C(C)(C)C(=O)O)CCO1. The minimum Gasteiger partial charge on any atom is -0.481 e. The molecule has 0 aromatic rings. The summed E-state index contributed by atoms with van der Waals surface area (Å²) in [7, 11) is 0. The van der Waals surface area contributed by atoms with Gasteiger partial charge in [0.1, 0.15) is 0 Å². The summed E-state index contributed by atoms with van der Waals surface area (Å²) in [5.74, 6) is -0.937. The van der Waals surface area contributed by atoms with Crippen LogP contribution < -0.4 is 5.32 Å². The molecule has 1 atom stereocenters. The summed E-state index contributed by atoms with van der Waals surface area (Å²) in [6.45, 7) is 10.1. The summed E-state index contributed by atoms with van der Waals surface area (Å²) in [6, 6.07) is -0.241. The van der Waals surface area contributed by atoms with Gasteiger partial charge >= 0.3 is 12.0 Å². The third-order valence-corrected chi connectivity index (χ3v) is 4.04. The van der Waals surface area contributed by atoms with Gasteiger partial charge in [-0.25, -0.2) is 4.79 Å². The van der Waals surface area contributed by atoms with Gasteiger partial charge in [-0.15, -0.1) is 0 Å². The third-order valence-electron chi connectivity index (χ3n) is 4.04. The molecule has 6 nitrogen and oxygen atoms in total. The summed E-state index contributed by atoms with van der Waals surface area (Å²) < 4.78 is 5.38. The number of carbonyl (C=O) groups is 2. The van der Waals surface area contributed by atoms with Crippen molar-refractivity contribution in [3.05, 3.63) is 0 Å². The number of amides is 2. The Bertz CT molecular complexity index is 366. The molecule has 1 fully saturated rings. The number of nitrogens with zero attached hydrogens (tertiary/aromatic N) is 1. The van der Waals surface area contributed by atoms with E-state index >= 15 is 0 Å². The average Bonchev–Trinajstić information content (AvgIpc) is 2.27.